The van der Waals surface area contributed by atoms with Gasteiger partial charge in [0.2, 0.25) is 0 Å². The first-order valence-corrected chi connectivity index (χ1v) is 3.57. The third-order valence-electron chi connectivity index (χ3n) is 1.63. The fourth-order valence-electron chi connectivity index (χ4n) is 1.05. The van der Waals surface area contributed by atoms with Crippen LogP contribution in [-0.4, -0.2) is 14.8 Å². The smallest absolute Gasteiger partial charge is 0.123 e. The van der Waals surface area contributed by atoms with Crippen LogP contribution in [0, 0.1) is 0 Å². The lowest BCUT2D eigenvalue weighted by Crippen LogP contribution is -1.96. The van der Waals surface area contributed by atoms with E-state index in [1.54, 1.807) is 17.2 Å². The van der Waals surface area contributed by atoms with Gasteiger partial charge in [0.1, 0.15) is 12.7 Å². The Balaban J connectivity index is 2.55. The van der Waals surface area contributed by atoms with Crippen molar-refractivity contribution in [1.82, 2.24) is 14.8 Å². The van der Waals surface area contributed by atoms with Gasteiger partial charge in [0, 0.05) is 0 Å². The minimum Gasteiger partial charge on any atom is -0.397 e. The fraction of sp³-hybridized carbons (Fsp3) is 0. The summed E-state index contributed by atoms with van der Waals surface area (Å²) in [7, 11) is 0. The van der Waals surface area contributed by atoms with Crippen molar-refractivity contribution in [1.29, 1.82) is 0 Å². The van der Waals surface area contributed by atoms with E-state index in [2.05, 4.69) is 10.2 Å². The van der Waals surface area contributed by atoms with Crippen molar-refractivity contribution in [3.8, 4) is 5.69 Å². The standard InChI is InChI=1S/C8H8N4/c9-7-3-1-2-4-8(7)12-5-10-11-6-12/h1-6H,9H2. The fourth-order valence-corrected chi connectivity index (χ4v) is 1.05. The minimum absolute atomic E-state index is 0.720. The van der Waals surface area contributed by atoms with Crippen LogP contribution in [0.1, 0.15) is 0 Å². The maximum Gasteiger partial charge on any atom is 0.123 e. The summed E-state index contributed by atoms with van der Waals surface area (Å²) in [6, 6.07) is 7.57. The molecule has 4 heteroatoms. The first-order chi connectivity index (χ1) is 5.88. The summed E-state index contributed by atoms with van der Waals surface area (Å²) in [5.74, 6) is 0. The third kappa shape index (κ3) is 1.03. The van der Waals surface area contributed by atoms with Gasteiger partial charge in [-0.25, -0.2) is 0 Å². The molecule has 0 atom stereocenters. The van der Waals surface area contributed by atoms with Gasteiger partial charge in [0.15, 0.2) is 0 Å². The van der Waals surface area contributed by atoms with Crippen LogP contribution in [0.4, 0.5) is 5.69 Å². The molecule has 0 unspecified atom stereocenters. The van der Waals surface area contributed by atoms with Gasteiger partial charge < -0.3 is 5.73 Å². The molecule has 0 spiro atoms. The highest BCUT2D eigenvalue weighted by Gasteiger charge is 1.98. The van der Waals surface area contributed by atoms with Crippen molar-refractivity contribution < 1.29 is 0 Å². The molecule has 0 amide bonds. The Bertz CT molecular complexity index is 366. The first kappa shape index (κ1) is 6.84. The third-order valence-corrected chi connectivity index (χ3v) is 1.63. The Kier molecular flexibility index (Phi) is 1.51. The molecular formula is C8H8N4. The number of nitrogens with two attached hydrogens (primary N) is 1. The molecule has 0 bridgehead atoms. The van der Waals surface area contributed by atoms with Crippen molar-refractivity contribution in [3.63, 3.8) is 0 Å². The van der Waals surface area contributed by atoms with Gasteiger partial charge in [-0.15, -0.1) is 10.2 Å². The van der Waals surface area contributed by atoms with E-state index in [-0.39, 0.29) is 0 Å². The van der Waals surface area contributed by atoms with Gasteiger partial charge in [-0.2, -0.15) is 0 Å². The van der Waals surface area contributed by atoms with E-state index in [4.69, 9.17) is 5.73 Å². The van der Waals surface area contributed by atoms with E-state index in [1.807, 2.05) is 24.3 Å². The molecule has 0 saturated carbocycles. The maximum absolute atomic E-state index is 5.74. The van der Waals surface area contributed by atoms with Crippen LogP contribution in [-0.2, 0) is 0 Å². The van der Waals surface area contributed by atoms with Crippen LogP contribution in [0.25, 0.3) is 5.69 Å². The molecule has 1 heterocycles. The summed E-state index contributed by atoms with van der Waals surface area (Å²) in [6.45, 7) is 0. The van der Waals surface area contributed by atoms with Crippen molar-refractivity contribution in [2.45, 2.75) is 0 Å². The summed E-state index contributed by atoms with van der Waals surface area (Å²) >= 11 is 0. The lowest BCUT2D eigenvalue weighted by atomic mass is 10.3. The van der Waals surface area contributed by atoms with E-state index in [0.717, 1.165) is 11.4 Å². The first-order valence-electron chi connectivity index (χ1n) is 3.57. The molecule has 1 aromatic carbocycles. The lowest BCUT2D eigenvalue weighted by Gasteiger charge is -2.03. The van der Waals surface area contributed by atoms with Gasteiger partial charge in [0.05, 0.1) is 11.4 Å². The summed E-state index contributed by atoms with van der Waals surface area (Å²) in [5.41, 5.74) is 7.36. The van der Waals surface area contributed by atoms with Crippen molar-refractivity contribution in [2.24, 2.45) is 0 Å². The van der Waals surface area contributed by atoms with E-state index in [0.29, 0.717) is 0 Å². The molecule has 0 aliphatic heterocycles. The average molecular weight is 160 g/mol. The van der Waals surface area contributed by atoms with Crippen molar-refractivity contribution in [3.05, 3.63) is 36.9 Å². The zero-order valence-electron chi connectivity index (χ0n) is 6.38. The Morgan fingerprint density at radius 3 is 2.42 bits per heavy atom. The topological polar surface area (TPSA) is 56.7 Å². The second-order valence-corrected chi connectivity index (χ2v) is 2.43. The summed E-state index contributed by atoms with van der Waals surface area (Å²) in [4.78, 5) is 0. The van der Waals surface area contributed by atoms with Gasteiger partial charge in [-0.05, 0) is 12.1 Å². The van der Waals surface area contributed by atoms with Crippen LogP contribution in [0.3, 0.4) is 0 Å². The molecule has 0 fully saturated rings. The van der Waals surface area contributed by atoms with E-state index < -0.39 is 0 Å². The largest absolute Gasteiger partial charge is 0.397 e. The molecule has 2 rings (SSSR count). The van der Waals surface area contributed by atoms with Crippen LogP contribution in [0.2, 0.25) is 0 Å². The number of nitrogens with zero attached hydrogens (tertiary/aromatic N) is 3. The Morgan fingerprint density at radius 1 is 1.08 bits per heavy atom. The number of rotatable bonds is 1. The highest BCUT2D eigenvalue weighted by atomic mass is 15.2. The highest BCUT2D eigenvalue weighted by Crippen LogP contribution is 2.14. The van der Waals surface area contributed by atoms with Gasteiger partial charge in [-0.1, -0.05) is 12.1 Å². The number of nitrogen functional groups attached to an aromatic ring is 1. The van der Waals surface area contributed by atoms with Gasteiger partial charge >= 0.3 is 0 Å². The quantitative estimate of drug-likeness (QED) is 0.629. The maximum atomic E-state index is 5.74. The highest BCUT2D eigenvalue weighted by molar-refractivity contribution is 5.56. The molecule has 0 radical (unpaired) electrons. The Hall–Kier alpha value is -1.84. The average Bonchev–Trinajstić information content (AvgIpc) is 2.57. The molecule has 0 aliphatic carbocycles. The lowest BCUT2D eigenvalue weighted by molar-refractivity contribution is 1.06. The van der Waals surface area contributed by atoms with E-state index in [9.17, 15) is 0 Å². The predicted molar refractivity (Wildman–Crippen MR) is 45.8 cm³/mol. The van der Waals surface area contributed by atoms with Gasteiger partial charge in [0.25, 0.3) is 0 Å². The SMILES string of the molecule is Nc1ccccc1-n1cnnc1. The van der Waals surface area contributed by atoms with Crippen molar-refractivity contribution >= 4 is 5.69 Å². The van der Waals surface area contributed by atoms with Gasteiger partial charge in [-0.3, -0.25) is 4.57 Å². The van der Waals surface area contributed by atoms with Crippen LogP contribution < -0.4 is 5.73 Å². The zero-order valence-corrected chi connectivity index (χ0v) is 6.38. The molecule has 4 nitrogen and oxygen atoms in total. The number of hydrogen-bond acceptors (Lipinski definition) is 3. The van der Waals surface area contributed by atoms with Crippen LogP contribution in [0.5, 0.6) is 0 Å². The molecule has 12 heavy (non-hydrogen) atoms. The van der Waals surface area contributed by atoms with E-state index >= 15 is 0 Å². The molecule has 60 valence electrons. The number of aromatic nitrogens is 3. The second-order valence-electron chi connectivity index (χ2n) is 2.43. The predicted octanol–water partition coefficient (Wildman–Crippen LogP) is 0.849. The summed E-state index contributed by atoms with van der Waals surface area (Å²) in [5, 5.41) is 7.39. The molecule has 2 aromatic rings. The molecule has 2 N–H and O–H groups in total. The number of anilines is 1. The number of benzene rings is 1. The molecule has 0 aliphatic rings. The minimum atomic E-state index is 0.720. The van der Waals surface area contributed by atoms with Crippen LogP contribution in [0.15, 0.2) is 36.9 Å². The molecular weight excluding hydrogens is 152 g/mol. The monoisotopic (exact) mass is 160 g/mol. The number of para-hydroxylation sites is 2. The Labute approximate surface area is 69.7 Å². The zero-order chi connectivity index (χ0) is 8.39. The van der Waals surface area contributed by atoms with E-state index in [1.165, 1.54) is 0 Å². The molecule has 0 saturated heterocycles. The Morgan fingerprint density at radius 2 is 1.75 bits per heavy atom. The summed E-state index contributed by atoms with van der Waals surface area (Å²) in [6.07, 6.45) is 3.23. The van der Waals surface area contributed by atoms with Crippen molar-refractivity contribution in [2.75, 3.05) is 5.73 Å². The molecule has 1 aromatic heterocycles. The summed E-state index contributed by atoms with van der Waals surface area (Å²) < 4.78 is 1.77. The second kappa shape index (κ2) is 2.65. The van der Waals surface area contributed by atoms with Crippen LogP contribution >= 0.6 is 0 Å². The number of hydrogen-bond donors (Lipinski definition) is 1. The normalized spacial score (nSPS) is 10.0.